The minimum Gasteiger partial charge on any atom is -0.387 e. The van der Waals surface area contributed by atoms with Gasteiger partial charge in [-0.2, -0.15) is 0 Å². The monoisotopic (exact) mass is 352 g/mol. The summed E-state index contributed by atoms with van der Waals surface area (Å²) in [4.78, 5) is 0. The highest BCUT2D eigenvalue weighted by molar-refractivity contribution is 5.16. The van der Waals surface area contributed by atoms with Crippen molar-refractivity contribution in [3.05, 3.63) is 35.9 Å². The molecule has 3 fully saturated rings. The van der Waals surface area contributed by atoms with Gasteiger partial charge in [0.05, 0.1) is 18.8 Å². The minimum atomic E-state index is -1.20. The molecule has 1 aromatic carbocycles. The van der Waals surface area contributed by atoms with Gasteiger partial charge in [0, 0.05) is 5.56 Å². The summed E-state index contributed by atoms with van der Waals surface area (Å²) in [5, 5.41) is 20.8. The van der Waals surface area contributed by atoms with Gasteiger partial charge in [-0.3, -0.25) is 0 Å². The van der Waals surface area contributed by atoms with E-state index in [0.29, 0.717) is 6.61 Å². The first-order valence-corrected chi connectivity index (χ1v) is 8.59. The van der Waals surface area contributed by atoms with E-state index in [1.807, 2.05) is 44.2 Å². The lowest BCUT2D eigenvalue weighted by molar-refractivity contribution is -0.361. The number of benzene rings is 1. The molecular formula is C18H24O7. The highest BCUT2D eigenvalue weighted by Crippen LogP contribution is 2.37. The lowest BCUT2D eigenvalue weighted by atomic mass is 9.98. The summed E-state index contributed by atoms with van der Waals surface area (Å²) in [6.07, 6.45) is -5.05. The lowest BCUT2D eigenvalue weighted by Crippen LogP contribution is -2.62. The molecule has 0 unspecified atom stereocenters. The topological polar surface area (TPSA) is 89.9 Å². The number of rotatable bonds is 4. The van der Waals surface area contributed by atoms with Gasteiger partial charge >= 0.3 is 0 Å². The van der Waals surface area contributed by atoms with Crippen LogP contribution in [0, 0.1) is 0 Å². The van der Waals surface area contributed by atoms with Crippen LogP contribution in [0.25, 0.3) is 0 Å². The molecule has 3 aliphatic rings. The normalized spacial score (nSPS) is 42.6. The predicted molar refractivity (Wildman–Crippen MR) is 85.6 cm³/mol. The molecule has 7 atom stereocenters. The van der Waals surface area contributed by atoms with E-state index in [0.717, 1.165) is 5.56 Å². The van der Waals surface area contributed by atoms with Crippen LogP contribution in [0.15, 0.2) is 30.3 Å². The van der Waals surface area contributed by atoms with Crippen LogP contribution in [0.5, 0.6) is 0 Å². The quantitative estimate of drug-likeness (QED) is 0.773. The molecule has 3 aliphatic heterocycles. The first kappa shape index (κ1) is 17.4. The number of hydrogen-bond acceptors (Lipinski definition) is 7. The Balaban J connectivity index is 1.38. The molecule has 1 aromatic rings. The molecule has 4 rings (SSSR count). The average molecular weight is 352 g/mol. The van der Waals surface area contributed by atoms with E-state index in [1.165, 1.54) is 0 Å². The highest BCUT2D eigenvalue weighted by atomic mass is 16.8. The van der Waals surface area contributed by atoms with E-state index in [4.69, 9.17) is 23.7 Å². The number of aliphatic hydroxyl groups is 2. The molecule has 0 spiro atoms. The third kappa shape index (κ3) is 3.46. The molecule has 0 aromatic heterocycles. The van der Waals surface area contributed by atoms with Gasteiger partial charge < -0.3 is 33.9 Å². The molecule has 0 radical (unpaired) electrons. The molecule has 3 saturated heterocycles. The van der Waals surface area contributed by atoms with Crippen molar-refractivity contribution in [3.63, 3.8) is 0 Å². The zero-order chi connectivity index (χ0) is 17.6. The van der Waals surface area contributed by atoms with E-state index >= 15 is 0 Å². The first-order valence-electron chi connectivity index (χ1n) is 8.59. The van der Waals surface area contributed by atoms with Crippen molar-refractivity contribution in [2.24, 2.45) is 0 Å². The highest BCUT2D eigenvalue weighted by Gasteiger charge is 2.52. The predicted octanol–water partition coefficient (Wildman–Crippen LogP) is 0.741. The van der Waals surface area contributed by atoms with Gasteiger partial charge in [-0.15, -0.1) is 0 Å². The minimum absolute atomic E-state index is 0.0283. The van der Waals surface area contributed by atoms with Crippen LogP contribution in [0.2, 0.25) is 0 Å². The third-order valence-electron chi connectivity index (χ3n) is 4.98. The summed E-state index contributed by atoms with van der Waals surface area (Å²) in [5.41, 5.74) is 0.648. The van der Waals surface area contributed by atoms with Gasteiger partial charge in [0.1, 0.15) is 30.5 Å². The van der Waals surface area contributed by atoms with Crippen molar-refractivity contribution in [1.82, 2.24) is 0 Å². The molecule has 2 N–H and O–H groups in total. The summed E-state index contributed by atoms with van der Waals surface area (Å²) < 4.78 is 28.4. The van der Waals surface area contributed by atoms with Gasteiger partial charge in [0.15, 0.2) is 12.6 Å². The van der Waals surface area contributed by atoms with E-state index in [-0.39, 0.29) is 18.3 Å². The van der Waals surface area contributed by atoms with Crippen LogP contribution < -0.4 is 0 Å². The fourth-order valence-electron chi connectivity index (χ4n) is 3.24. The van der Waals surface area contributed by atoms with E-state index in [2.05, 4.69) is 0 Å². The van der Waals surface area contributed by atoms with Crippen molar-refractivity contribution in [2.75, 3.05) is 13.2 Å². The summed E-state index contributed by atoms with van der Waals surface area (Å²) in [7, 11) is 0. The van der Waals surface area contributed by atoms with Gasteiger partial charge in [-0.05, 0) is 13.8 Å². The summed E-state index contributed by atoms with van der Waals surface area (Å²) >= 11 is 0. The largest absolute Gasteiger partial charge is 0.387 e. The first-order chi connectivity index (χ1) is 12.0. The molecule has 138 valence electrons. The van der Waals surface area contributed by atoms with Crippen molar-refractivity contribution in [3.8, 4) is 0 Å². The maximum Gasteiger partial charge on any atom is 0.186 e. The van der Waals surface area contributed by atoms with E-state index in [1.54, 1.807) is 0 Å². The van der Waals surface area contributed by atoms with Crippen molar-refractivity contribution < 1.29 is 33.9 Å². The van der Waals surface area contributed by atoms with Crippen LogP contribution in [0.4, 0.5) is 0 Å². The summed E-state index contributed by atoms with van der Waals surface area (Å²) in [5.74, 6) is 0. The van der Waals surface area contributed by atoms with Crippen LogP contribution >= 0.6 is 0 Å². The fraction of sp³-hybridized carbons (Fsp3) is 0.667. The summed E-state index contributed by atoms with van der Waals surface area (Å²) in [6.45, 7) is 4.49. The van der Waals surface area contributed by atoms with Crippen LogP contribution in [0.3, 0.4) is 0 Å². The Labute approximate surface area is 146 Å². The maximum atomic E-state index is 10.5. The van der Waals surface area contributed by atoms with Gasteiger partial charge in [0.2, 0.25) is 0 Å². The molecule has 0 aliphatic carbocycles. The second kappa shape index (κ2) is 6.59. The second-order valence-electron chi connectivity index (χ2n) is 7.24. The van der Waals surface area contributed by atoms with Crippen molar-refractivity contribution in [1.29, 1.82) is 0 Å². The second-order valence-corrected chi connectivity index (χ2v) is 7.24. The molecule has 7 nitrogen and oxygen atoms in total. The zero-order valence-corrected chi connectivity index (χ0v) is 14.3. The molecule has 0 amide bonds. The fourth-order valence-corrected chi connectivity index (χ4v) is 3.24. The molecular weight excluding hydrogens is 328 g/mol. The lowest BCUT2D eigenvalue weighted by Gasteiger charge is -2.46. The van der Waals surface area contributed by atoms with E-state index < -0.39 is 37.0 Å². The van der Waals surface area contributed by atoms with Crippen molar-refractivity contribution in [2.45, 2.75) is 62.5 Å². The molecule has 0 bridgehead atoms. The maximum absolute atomic E-state index is 10.5. The van der Waals surface area contributed by atoms with Crippen LogP contribution in [0.1, 0.15) is 25.7 Å². The van der Waals surface area contributed by atoms with Gasteiger partial charge in [-0.25, -0.2) is 0 Å². The van der Waals surface area contributed by atoms with Crippen molar-refractivity contribution >= 4 is 0 Å². The molecule has 0 saturated carbocycles. The Kier molecular flexibility index (Phi) is 4.57. The van der Waals surface area contributed by atoms with Crippen LogP contribution in [-0.2, 0) is 23.7 Å². The molecule has 3 heterocycles. The number of hydrogen-bond donors (Lipinski definition) is 2. The van der Waals surface area contributed by atoms with E-state index in [9.17, 15) is 10.2 Å². The average Bonchev–Trinajstić information content (AvgIpc) is 3.24. The van der Waals surface area contributed by atoms with Crippen LogP contribution in [-0.4, -0.2) is 65.8 Å². The molecule has 25 heavy (non-hydrogen) atoms. The SMILES string of the molecule is CC1(C)O[C@H]1CO[C@@H]1O[C@@H]2CO[C@H](c3ccccc3)O[C@@H]2[C@H](O)[C@H]1O. The Bertz CT molecular complexity index is 590. The zero-order valence-electron chi connectivity index (χ0n) is 14.3. The third-order valence-corrected chi connectivity index (χ3v) is 4.98. The summed E-state index contributed by atoms with van der Waals surface area (Å²) in [6, 6.07) is 9.47. The number of ether oxygens (including phenoxy) is 5. The standard InChI is InChI=1S/C18H24O7/c1-18(2)12(25-18)9-22-17-14(20)13(19)15-11(23-17)8-21-16(24-15)10-6-4-3-5-7-10/h3-7,11-17,19-20H,8-9H2,1-2H3/t11-,12+,13-,14-,15+,16+,17-/m1/s1. The Morgan fingerprint density at radius 2 is 1.84 bits per heavy atom. The Morgan fingerprint density at radius 1 is 1.12 bits per heavy atom. The molecule has 7 heteroatoms. The van der Waals surface area contributed by atoms with Gasteiger partial charge in [0.25, 0.3) is 0 Å². The smallest absolute Gasteiger partial charge is 0.186 e. The van der Waals surface area contributed by atoms with Gasteiger partial charge in [-0.1, -0.05) is 30.3 Å². The number of epoxide rings is 1. The Hall–Kier alpha value is -1.06. The Morgan fingerprint density at radius 3 is 2.52 bits per heavy atom. The number of fused-ring (bicyclic) bond motifs is 1. The number of aliphatic hydroxyl groups excluding tert-OH is 2.